The molecule has 6 rings (SSSR count). The van der Waals surface area contributed by atoms with Gasteiger partial charge < -0.3 is 25.4 Å². The lowest BCUT2D eigenvalue weighted by atomic mass is 10.1. The van der Waals surface area contributed by atoms with Crippen LogP contribution in [0, 0.1) is 0 Å². The number of rotatable bonds is 6. The van der Waals surface area contributed by atoms with Crippen LogP contribution in [0.2, 0.25) is 5.02 Å². The number of fused-ring (bicyclic) bond motifs is 1. The van der Waals surface area contributed by atoms with Crippen molar-refractivity contribution in [1.82, 2.24) is 25.1 Å². The Labute approximate surface area is 250 Å². The van der Waals surface area contributed by atoms with E-state index in [4.69, 9.17) is 16.6 Å². The Balaban J connectivity index is 1.11. The molecule has 2 aromatic heterocycles. The summed E-state index contributed by atoms with van der Waals surface area (Å²) in [5, 5.41) is 12.0. The first-order chi connectivity index (χ1) is 20.7. The van der Waals surface area contributed by atoms with Crippen molar-refractivity contribution >= 4 is 45.7 Å². The second-order valence-electron chi connectivity index (χ2n) is 10.2. The molecular weight excluding hydrogens is 581 g/mol. The molecule has 3 aromatic carbocycles. The van der Waals surface area contributed by atoms with E-state index in [1.54, 1.807) is 24.3 Å². The summed E-state index contributed by atoms with van der Waals surface area (Å²) >= 11 is 5.64. The van der Waals surface area contributed by atoms with Gasteiger partial charge in [-0.3, -0.25) is 5.10 Å². The van der Waals surface area contributed by atoms with Crippen LogP contribution in [0.1, 0.15) is 12.5 Å². The molecule has 2 amide bonds. The molecule has 5 aromatic rings. The maximum atomic E-state index is 13.1. The molecule has 9 nitrogen and oxygen atoms in total. The van der Waals surface area contributed by atoms with E-state index in [2.05, 4.69) is 54.7 Å². The third-order valence-corrected chi connectivity index (χ3v) is 7.78. The Hall–Kier alpha value is -4.55. The topological polar surface area (TPSA) is 105 Å². The molecule has 1 saturated heterocycles. The summed E-state index contributed by atoms with van der Waals surface area (Å²) in [6.45, 7) is 7.34. The third-order valence-electron chi connectivity index (χ3n) is 7.46. The average molecular weight is 609 g/mol. The highest BCUT2D eigenvalue weighted by Crippen LogP contribution is 2.36. The number of amides is 2. The maximum absolute atomic E-state index is 13.1. The standard InChI is InChI=1S/C30H28ClF3N8O/c1-2-41-11-13-42(14-12-41)21-8-10-24-26(16-21)38-28(37-24)27-17-25(39-40-27)18-3-5-19(6-4-18)35-29(43)36-20-7-9-23(31)22(15-20)30(32,33)34/h3-10,15-17H,2,11-14H2,1H3,(H,37,38)(H,39,40)(H2,35,36,43). The van der Waals surface area contributed by atoms with Gasteiger partial charge in [-0.05, 0) is 66.7 Å². The molecule has 3 heterocycles. The second-order valence-corrected chi connectivity index (χ2v) is 10.6. The number of carbonyl (C=O) groups is 1. The van der Waals surface area contributed by atoms with Crippen molar-refractivity contribution in [3.05, 3.63) is 77.3 Å². The predicted molar refractivity (Wildman–Crippen MR) is 163 cm³/mol. The van der Waals surface area contributed by atoms with Gasteiger partial charge in [0.25, 0.3) is 0 Å². The van der Waals surface area contributed by atoms with Gasteiger partial charge in [0.15, 0.2) is 5.82 Å². The fourth-order valence-electron chi connectivity index (χ4n) is 5.07. The zero-order valence-electron chi connectivity index (χ0n) is 23.1. The van der Waals surface area contributed by atoms with Gasteiger partial charge in [0.1, 0.15) is 5.69 Å². The number of nitrogens with one attached hydrogen (secondary N) is 4. The van der Waals surface area contributed by atoms with Crippen molar-refractivity contribution in [3.63, 3.8) is 0 Å². The number of aromatic amines is 2. The highest BCUT2D eigenvalue weighted by atomic mass is 35.5. The SMILES string of the molecule is CCN1CCN(c2ccc3[nH]c(-c4cc(-c5ccc(NC(=O)Nc6ccc(Cl)c(C(F)(F)F)c6)cc5)[nH]n4)nc3c2)CC1. The highest BCUT2D eigenvalue weighted by molar-refractivity contribution is 6.31. The van der Waals surface area contributed by atoms with E-state index in [9.17, 15) is 18.0 Å². The number of hydrogen-bond acceptors (Lipinski definition) is 5. The van der Waals surface area contributed by atoms with Gasteiger partial charge in [-0.2, -0.15) is 18.3 Å². The lowest BCUT2D eigenvalue weighted by Gasteiger charge is -2.35. The molecule has 0 unspecified atom stereocenters. The van der Waals surface area contributed by atoms with Crippen molar-refractivity contribution in [3.8, 4) is 22.8 Å². The normalized spacial score (nSPS) is 14.3. The number of carbonyl (C=O) groups excluding carboxylic acids is 1. The van der Waals surface area contributed by atoms with Crippen LogP contribution in [0.25, 0.3) is 33.8 Å². The van der Waals surface area contributed by atoms with Crippen LogP contribution in [-0.2, 0) is 6.18 Å². The molecule has 222 valence electrons. The number of likely N-dealkylation sites (N-methyl/N-ethyl adjacent to an activating group) is 1. The minimum absolute atomic E-state index is 0.0348. The van der Waals surface area contributed by atoms with E-state index < -0.39 is 22.8 Å². The number of H-pyrrole nitrogens is 2. The maximum Gasteiger partial charge on any atom is 0.417 e. The Morgan fingerprint density at radius 2 is 1.67 bits per heavy atom. The molecule has 1 fully saturated rings. The number of benzene rings is 3. The first kappa shape index (κ1) is 28.6. The number of urea groups is 1. The summed E-state index contributed by atoms with van der Waals surface area (Å²) in [4.78, 5) is 25.3. The molecular formula is C30H28ClF3N8O. The van der Waals surface area contributed by atoms with Crippen LogP contribution in [-0.4, -0.2) is 63.8 Å². The monoisotopic (exact) mass is 608 g/mol. The second kappa shape index (κ2) is 11.6. The molecule has 4 N–H and O–H groups in total. The molecule has 0 saturated carbocycles. The van der Waals surface area contributed by atoms with Gasteiger partial charge in [0, 0.05) is 43.2 Å². The van der Waals surface area contributed by atoms with Crippen LogP contribution in [0.3, 0.4) is 0 Å². The average Bonchev–Trinajstić information content (AvgIpc) is 3.65. The zero-order valence-corrected chi connectivity index (χ0v) is 23.9. The molecule has 1 aliphatic heterocycles. The number of halogens is 4. The summed E-state index contributed by atoms with van der Waals surface area (Å²) in [6.07, 6.45) is -4.63. The van der Waals surface area contributed by atoms with Crippen molar-refractivity contribution in [2.24, 2.45) is 0 Å². The molecule has 0 radical (unpaired) electrons. The Bertz CT molecular complexity index is 1760. The fourth-order valence-corrected chi connectivity index (χ4v) is 5.30. The van der Waals surface area contributed by atoms with Gasteiger partial charge in [0.05, 0.1) is 27.3 Å². The Morgan fingerprint density at radius 3 is 2.40 bits per heavy atom. The molecule has 13 heteroatoms. The molecule has 1 aliphatic rings. The van der Waals surface area contributed by atoms with Crippen LogP contribution in [0.4, 0.5) is 35.0 Å². The van der Waals surface area contributed by atoms with E-state index >= 15 is 0 Å². The van der Waals surface area contributed by atoms with E-state index in [1.807, 2.05) is 12.1 Å². The number of aromatic nitrogens is 4. The summed E-state index contributed by atoms with van der Waals surface area (Å²) in [6, 6.07) is 17.6. The van der Waals surface area contributed by atoms with Crippen LogP contribution in [0.15, 0.2) is 66.7 Å². The summed E-state index contributed by atoms with van der Waals surface area (Å²) in [7, 11) is 0. The third kappa shape index (κ3) is 6.30. The number of hydrogen-bond donors (Lipinski definition) is 4. The van der Waals surface area contributed by atoms with E-state index in [0.717, 1.165) is 72.8 Å². The number of imidazole rings is 1. The fraction of sp³-hybridized carbons (Fsp3) is 0.233. The lowest BCUT2D eigenvalue weighted by Crippen LogP contribution is -2.46. The van der Waals surface area contributed by atoms with Crippen LogP contribution < -0.4 is 15.5 Å². The largest absolute Gasteiger partial charge is 0.417 e. The van der Waals surface area contributed by atoms with Crippen molar-refractivity contribution < 1.29 is 18.0 Å². The minimum Gasteiger partial charge on any atom is -0.369 e. The molecule has 43 heavy (non-hydrogen) atoms. The number of anilines is 3. The zero-order chi connectivity index (χ0) is 30.1. The van der Waals surface area contributed by atoms with E-state index in [1.165, 1.54) is 6.07 Å². The predicted octanol–water partition coefficient (Wildman–Crippen LogP) is 7.08. The quantitative estimate of drug-likeness (QED) is 0.165. The van der Waals surface area contributed by atoms with Crippen molar-refractivity contribution in [1.29, 1.82) is 0 Å². The number of alkyl halides is 3. The molecule has 0 aliphatic carbocycles. The van der Waals surface area contributed by atoms with Gasteiger partial charge in [-0.25, -0.2) is 9.78 Å². The summed E-state index contributed by atoms with van der Waals surface area (Å²) in [5.74, 6) is 0.649. The Kier molecular flexibility index (Phi) is 7.72. The van der Waals surface area contributed by atoms with Gasteiger partial charge in [-0.15, -0.1) is 0 Å². The first-order valence-corrected chi connectivity index (χ1v) is 14.1. The Morgan fingerprint density at radius 1 is 0.953 bits per heavy atom. The smallest absolute Gasteiger partial charge is 0.369 e. The first-order valence-electron chi connectivity index (χ1n) is 13.7. The summed E-state index contributed by atoms with van der Waals surface area (Å²) in [5.41, 5.74) is 4.59. The van der Waals surface area contributed by atoms with Crippen molar-refractivity contribution in [2.45, 2.75) is 13.1 Å². The number of piperazine rings is 1. The van der Waals surface area contributed by atoms with Gasteiger partial charge in [-0.1, -0.05) is 30.7 Å². The highest BCUT2D eigenvalue weighted by Gasteiger charge is 2.33. The molecule has 0 spiro atoms. The minimum atomic E-state index is -4.63. The molecule has 0 bridgehead atoms. The van der Waals surface area contributed by atoms with Crippen molar-refractivity contribution in [2.75, 3.05) is 48.3 Å². The van der Waals surface area contributed by atoms with Gasteiger partial charge >= 0.3 is 12.2 Å². The number of nitrogens with zero attached hydrogens (tertiary/aromatic N) is 4. The molecule has 0 atom stereocenters. The van der Waals surface area contributed by atoms with E-state index in [0.29, 0.717) is 17.2 Å². The van der Waals surface area contributed by atoms with Crippen LogP contribution >= 0.6 is 11.6 Å². The van der Waals surface area contributed by atoms with E-state index in [-0.39, 0.29) is 5.69 Å². The van der Waals surface area contributed by atoms with Gasteiger partial charge in [0.2, 0.25) is 0 Å². The summed E-state index contributed by atoms with van der Waals surface area (Å²) < 4.78 is 39.3. The van der Waals surface area contributed by atoms with Crippen LogP contribution in [0.5, 0.6) is 0 Å². The lowest BCUT2D eigenvalue weighted by molar-refractivity contribution is -0.137.